The van der Waals surface area contributed by atoms with Crippen LogP contribution in [0.3, 0.4) is 0 Å². The summed E-state index contributed by atoms with van der Waals surface area (Å²) in [6.07, 6.45) is 0.206. The van der Waals surface area contributed by atoms with Crippen molar-refractivity contribution in [1.82, 2.24) is 0 Å². The van der Waals surface area contributed by atoms with E-state index in [2.05, 4.69) is 0 Å². The summed E-state index contributed by atoms with van der Waals surface area (Å²) in [6.45, 7) is 0. The molecular weight excluding hydrogens is 178 g/mol. The highest BCUT2D eigenvalue weighted by Crippen LogP contribution is 2.25. The molecule has 0 amide bonds. The third kappa shape index (κ3) is 1.75. The van der Waals surface area contributed by atoms with Gasteiger partial charge in [-0.3, -0.25) is 0 Å². The number of methoxy groups -OCH3 is 1. The van der Waals surface area contributed by atoms with E-state index in [1.54, 1.807) is 12.1 Å². The SMILES string of the molecule is COc1cc(N)c(C#N)cc1CC#N. The van der Waals surface area contributed by atoms with Crippen LogP contribution in [0.25, 0.3) is 0 Å². The topological polar surface area (TPSA) is 82.8 Å². The van der Waals surface area contributed by atoms with Crippen LogP contribution in [0.15, 0.2) is 12.1 Å². The Bertz CT molecular complexity index is 426. The van der Waals surface area contributed by atoms with Gasteiger partial charge >= 0.3 is 0 Å². The first-order valence-electron chi connectivity index (χ1n) is 3.96. The summed E-state index contributed by atoms with van der Waals surface area (Å²) in [5.41, 5.74) is 7.01. The molecule has 0 unspecified atom stereocenters. The summed E-state index contributed by atoms with van der Waals surface area (Å²) in [6, 6.07) is 7.10. The van der Waals surface area contributed by atoms with Crippen molar-refractivity contribution in [3.8, 4) is 17.9 Å². The third-order valence-corrected chi connectivity index (χ3v) is 1.84. The quantitative estimate of drug-likeness (QED) is 0.705. The van der Waals surface area contributed by atoms with E-state index in [-0.39, 0.29) is 6.42 Å². The summed E-state index contributed by atoms with van der Waals surface area (Å²) in [7, 11) is 1.50. The van der Waals surface area contributed by atoms with Crippen LogP contribution in [0.5, 0.6) is 5.75 Å². The standard InChI is InChI=1S/C10H9N3O/c1-14-10-5-9(13)8(6-12)4-7(10)2-3-11/h4-5H,2,13H2,1H3. The highest BCUT2D eigenvalue weighted by atomic mass is 16.5. The summed E-state index contributed by atoms with van der Waals surface area (Å²) in [5, 5.41) is 17.3. The monoisotopic (exact) mass is 187 g/mol. The fourth-order valence-electron chi connectivity index (χ4n) is 1.15. The highest BCUT2D eigenvalue weighted by molar-refractivity contribution is 5.60. The molecule has 1 rings (SSSR count). The summed E-state index contributed by atoms with van der Waals surface area (Å²) in [5.74, 6) is 0.544. The van der Waals surface area contributed by atoms with Crippen LogP contribution in [0, 0.1) is 22.7 Å². The predicted octanol–water partition coefficient (Wildman–Crippen LogP) is 1.22. The van der Waals surface area contributed by atoms with Crippen molar-refractivity contribution >= 4 is 5.69 Å². The molecule has 0 heterocycles. The lowest BCUT2D eigenvalue weighted by Crippen LogP contribution is -1.97. The molecule has 0 aliphatic carbocycles. The molecule has 4 heteroatoms. The van der Waals surface area contributed by atoms with Crippen molar-refractivity contribution in [3.63, 3.8) is 0 Å². The summed E-state index contributed by atoms with van der Waals surface area (Å²) in [4.78, 5) is 0. The Balaban J connectivity index is 3.28. The molecule has 2 N–H and O–H groups in total. The van der Waals surface area contributed by atoms with Gasteiger partial charge in [0.1, 0.15) is 11.8 Å². The van der Waals surface area contributed by atoms with Gasteiger partial charge in [0.15, 0.2) is 0 Å². The Morgan fingerprint density at radius 2 is 2.14 bits per heavy atom. The average molecular weight is 187 g/mol. The number of ether oxygens (including phenoxy) is 1. The Morgan fingerprint density at radius 3 is 2.64 bits per heavy atom. The van der Waals surface area contributed by atoms with E-state index in [9.17, 15) is 0 Å². The molecule has 70 valence electrons. The van der Waals surface area contributed by atoms with E-state index < -0.39 is 0 Å². The fourth-order valence-corrected chi connectivity index (χ4v) is 1.15. The molecule has 0 aliphatic rings. The smallest absolute Gasteiger partial charge is 0.125 e. The molecular formula is C10H9N3O. The first-order valence-corrected chi connectivity index (χ1v) is 3.96. The molecule has 1 aromatic rings. The Hall–Kier alpha value is -2.20. The lowest BCUT2D eigenvalue weighted by molar-refractivity contribution is 0.411. The minimum atomic E-state index is 0.206. The molecule has 14 heavy (non-hydrogen) atoms. The van der Waals surface area contributed by atoms with Crippen LogP contribution < -0.4 is 10.5 Å². The Kier molecular flexibility index (Phi) is 2.93. The van der Waals surface area contributed by atoms with Crippen LogP contribution in [0.1, 0.15) is 11.1 Å². The molecule has 0 radical (unpaired) electrons. The number of anilines is 1. The van der Waals surface area contributed by atoms with E-state index in [4.69, 9.17) is 21.0 Å². The second-order valence-electron chi connectivity index (χ2n) is 2.70. The van der Waals surface area contributed by atoms with Crippen molar-refractivity contribution in [1.29, 1.82) is 10.5 Å². The number of nitrogens with zero attached hydrogens (tertiary/aromatic N) is 2. The summed E-state index contributed by atoms with van der Waals surface area (Å²) < 4.78 is 5.04. The first kappa shape index (κ1) is 9.88. The van der Waals surface area contributed by atoms with Gasteiger partial charge in [-0.1, -0.05) is 0 Å². The van der Waals surface area contributed by atoms with E-state index in [0.717, 1.165) is 0 Å². The van der Waals surface area contributed by atoms with Gasteiger partial charge in [-0.15, -0.1) is 0 Å². The van der Waals surface area contributed by atoms with Gasteiger partial charge in [-0.05, 0) is 6.07 Å². The van der Waals surface area contributed by atoms with Gasteiger partial charge in [0.2, 0.25) is 0 Å². The normalized spacial score (nSPS) is 8.79. The van der Waals surface area contributed by atoms with Gasteiger partial charge in [-0.25, -0.2) is 0 Å². The lowest BCUT2D eigenvalue weighted by atomic mass is 10.1. The number of nitrogens with two attached hydrogens (primary N) is 1. The van der Waals surface area contributed by atoms with Crippen LogP contribution >= 0.6 is 0 Å². The lowest BCUT2D eigenvalue weighted by Gasteiger charge is -2.07. The number of benzene rings is 1. The maximum absolute atomic E-state index is 8.72. The van der Waals surface area contributed by atoms with Crippen LogP contribution in [-0.2, 0) is 6.42 Å². The molecule has 0 atom stereocenters. The maximum Gasteiger partial charge on any atom is 0.125 e. The predicted molar refractivity (Wildman–Crippen MR) is 51.4 cm³/mol. The van der Waals surface area contributed by atoms with Crippen molar-refractivity contribution < 1.29 is 4.74 Å². The van der Waals surface area contributed by atoms with E-state index >= 15 is 0 Å². The van der Waals surface area contributed by atoms with Gasteiger partial charge in [0, 0.05) is 11.6 Å². The van der Waals surface area contributed by atoms with Crippen molar-refractivity contribution in [2.45, 2.75) is 6.42 Å². The number of hydrogen-bond donors (Lipinski definition) is 1. The zero-order valence-electron chi connectivity index (χ0n) is 7.74. The van der Waals surface area contributed by atoms with E-state index in [0.29, 0.717) is 22.6 Å². The second kappa shape index (κ2) is 4.15. The van der Waals surface area contributed by atoms with Crippen LogP contribution in [0.2, 0.25) is 0 Å². The van der Waals surface area contributed by atoms with Gasteiger partial charge in [-0.2, -0.15) is 10.5 Å². The van der Waals surface area contributed by atoms with Gasteiger partial charge < -0.3 is 10.5 Å². The molecule has 0 aromatic heterocycles. The molecule has 0 fully saturated rings. The minimum Gasteiger partial charge on any atom is -0.496 e. The molecule has 1 aromatic carbocycles. The molecule has 0 spiro atoms. The molecule has 0 aliphatic heterocycles. The van der Waals surface area contributed by atoms with Crippen molar-refractivity contribution in [2.75, 3.05) is 12.8 Å². The average Bonchev–Trinajstić information content (AvgIpc) is 2.20. The molecule has 0 saturated heterocycles. The number of nitriles is 2. The Morgan fingerprint density at radius 1 is 1.43 bits per heavy atom. The molecule has 0 saturated carbocycles. The molecule has 4 nitrogen and oxygen atoms in total. The van der Waals surface area contributed by atoms with Crippen molar-refractivity contribution in [3.05, 3.63) is 23.3 Å². The van der Waals surface area contributed by atoms with Crippen molar-refractivity contribution in [2.24, 2.45) is 0 Å². The van der Waals surface area contributed by atoms with Crippen LogP contribution in [-0.4, -0.2) is 7.11 Å². The second-order valence-corrected chi connectivity index (χ2v) is 2.70. The maximum atomic E-state index is 8.72. The van der Waals surface area contributed by atoms with E-state index in [1.807, 2.05) is 12.1 Å². The zero-order chi connectivity index (χ0) is 10.6. The highest BCUT2D eigenvalue weighted by Gasteiger charge is 2.07. The van der Waals surface area contributed by atoms with Gasteiger partial charge in [0.25, 0.3) is 0 Å². The minimum absolute atomic E-state index is 0.206. The number of nitrogen functional groups attached to an aromatic ring is 1. The number of hydrogen-bond acceptors (Lipinski definition) is 4. The fraction of sp³-hybridized carbons (Fsp3) is 0.200. The summed E-state index contributed by atoms with van der Waals surface area (Å²) >= 11 is 0. The zero-order valence-corrected chi connectivity index (χ0v) is 7.74. The van der Waals surface area contributed by atoms with Gasteiger partial charge in [0.05, 0.1) is 30.9 Å². The van der Waals surface area contributed by atoms with E-state index in [1.165, 1.54) is 7.11 Å². The van der Waals surface area contributed by atoms with Crippen LogP contribution in [0.4, 0.5) is 5.69 Å². The molecule has 0 bridgehead atoms. The largest absolute Gasteiger partial charge is 0.496 e. The number of rotatable bonds is 2. The Labute approximate surface area is 82.1 Å². The third-order valence-electron chi connectivity index (χ3n) is 1.84. The first-order chi connectivity index (χ1) is 6.72.